The lowest BCUT2D eigenvalue weighted by molar-refractivity contribution is -0.143. The van der Waals surface area contributed by atoms with Crippen LogP contribution >= 0.6 is 0 Å². The van der Waals surface area contributed by atoms with Crippen molar-refractivity contribution in [3.8, 4) is 0 Å². The highest BCUT2D eigenvalue weighted by atomic mass is 16.5. The van der Waals surface area contributed by atoms with E-state index < -0.39 is 12.1 Å². The molecule has 0 radical (unpaired) electrons. The number of nitrogens with one attached hydrogen (secondary N) is 1. The lowest BCUT2D eigenvalue weighted by Crippen LogP contribution is -2.45. The first kappa shape index (κ1) is 70.3. The summed E-state index contributed by atoms with van der Waals surface area (Å²) in [5, 5.41) is 23.4. The van der Waals surface area contributed by atoms with Crippen molar-refractivity contribution in [1.82, 2.24) is 5.32 Å². The summed E-state index contributed by atoms with van der Waals surface area (Å²) in [7, 11) is 0. The summed E-state index contributed by atoms with van der Waals surface area (Å²) >= 11 is 0. The fourth-order valence-corrected chi connectivity index (χ4v) is 10.3. The monoisotopic (exact) mass is 1010 g/mol. The normalized spacial score (nSPS) is 12.7. The Labute approximate surface area is 450 Å². The van der Waals surface area contributed by atoms with E-state index in [-0.39, 0.29) is 18.5 Å². The number of rotatable bonds is 61. The van der Waals surface area contributed by atoms with Gasteiger partial charge >= 0.3 is 5.97 Å². The third kappa shape index (κ3) is 57.6. The van der Waals surface area contributed by atoms with Crippen LogP contribution in [-0.4, -0.2) is 47.4 Å². The molecule has 0 spiro atoms. The number of ether oxygens (including phenoxy) is 1. The number of carbonyl (C=O) groups excluding carboxylic acids is 2. The van der Waals surface area contributed by atoms with E-state index >= 15 is 0 Å². The lowest BCUT2D eigenvalue weighted by Gasteiger charge is -2.22. The van der Waals surface area contributed by atoms with Gasteiger partial charge in [-0.1, -0.05) is 314 Å². The SMILES string of the molecule is CCCCCC/C=C\C/C=C\CCCCCCCCCC(=O)OCCCCCCCCCCCCCCCCCCCC(=O)NC(CO)C(O)CCCCCCCCCCCCCCCCCCCCCC. The molecule has 0 saturated carbocycles. The molecule has 0 rings (SSSR count). The Kier molecular flexibility index (Phi) is 60.5. The van der Waals surface area contributed by atoms with Gasteiger partial charge in [0.05, 0.1) is 25.4 Å². The molecule has 0 aliphatic carbocycles. The molecule has 6 nitrogen and oxygen atoms in total. The molecule has 0 heterocycles. The molecule has 6 heteroatoms. The highest BCUT2D eigenvalue weighted by Crippen LogP contribution is 2.18. The minimum Gasteiger partial charge on any atom is -0.466 e. The van der Waals surface area contributed by atoms with Gasteiger partial charge in [-0.25, -0.2) is 0 Å². The number of unbranched alkanes of at least 4 members (excludes halogenated alkanes) is 46. The Bertz CT molecular complexity index is 1120. The van der Waals surface area contributed by atoms with Crippen molar-refractivity contribution in [2.75, 3.05) is 13.2 Å². The Balaban J connectivity index is 3.41. The Morgan fingerprint density at radius 1 is 0.389 bits per heavy atom. The van der Waals surface area contributed by atoms with Crippen LogP contribution in [0.2, 0.25) is 0 Å². The average molecular weight is 1010 g/mol. The molecule has 0 saturated heterocycles. The summed E-state index contributed by atoms with van der Waals surface area (Å²) in [6.45, 7) is 4.95. The van der Waals surface area contributed by atoms with E-state index in [1.165, 1.54) is 276 Å². The van der Waals surface area contributed by atoms with Gasteiger partial charge in [0.25, 0.3) is 0 Å². The van der Waals surface area contributed by atoms with E-state index in [9.17, 15) is 19.8 Å². The zero-order valence-corrected chi connectivity index (χ0v) is 48.7. The summed E-state index contributed by atoms with van der Waals surface area (Å²) in [5.41, 5.74) is 0. The lowest BCUT2D eigenvalue weighted by atomic mass is 10.0. The van der Waals surface area contributed by atoms with Gasteiger partial charge in [0.2, 0.25) is 5.91 Å². The molecule has 0 aliphatic rings. The maximum atomic E-state index is 12.5. The van der Waals surface area contributed by atoms with Crippen LogP contribution in [0, 0.1) is 0 Å². The van der Waals surface area contributed by atoms with E-state index in [2.05, 4.69) is 43.5 Å². The third-order valence-corrected chi connectivity index (χ3v) is 15.3. The second kappa shape index (κ2) is 61.9. The number of esters is 1. The Morgan fingerprint density at radius 2 is 0.694 bits per heavy atom. The highest BCUT2D eigenvalue weighted by Gasteiger charge is 2.20. The van der Waals surface area contributed by atoms with E-state index in [1.807, 2.05) is 0 Å². The predicted octanol–water partition coefficient (Wildman–Crippen LogP) is 20.6. The molecule has 0 bridgehead atoms. The van der Waals surface area contributed by atoms with Gasteiger partial charge in [0.1, 0.15) is 0 Å². The number of amides is 1. The molecule has 72 heavy (non-hydrogen) atoms. The summed E-state index contributed by atoms with van der Waals surface area (Å²) < 4.78 is 5.49. The van der Waals surface area contributed by atoms with Gasteiger partial charge in [-0.2, -0.15) is 0 Å². The standard InChI is InChI=1S/C66H127NO5/c1-3-5-7-9-11-13-15-17-19-21-23-24-26-30-34-38-42-46-50-54-58-64(69)63(62-68)67-65(70)59-55-51-47-43-39-35-31-27-25-29-33-37-41-45-49-53-57-61-72-66(71)60-56-52-48-44-40-36-32-28-22-20-18-16-14-12-10-8-6-4-2/h14,16,20,22,63-64,68-69H,3-13,15,17-19,21,23-62H2,1-2H3,(H,67,70)/b16-14-,22-20-. The minimum atomic E-state index is -0.669. The largest absolute Gasteiger partial charge is 0.466 e. The third-order valence-electron chi connectivity index (χ3n) is 15.3. The molecule has 0 aromatic heterocycles. The van der Waals surface area contributed by atoms with E-state index in [0.29, 0.717) is 25.9 Å². The molecular weight excluding hydrogens is 887 g/mol. The van der Waals surface area contributed by atoms with Crippen molar-refractivity contribution in [2.45, 2.75) is 373 Å². The van der Waals surface area contributed by atoms with Crippen LogP contribution in [-0.2, 0) is 14.3 Å². The van der Waals surface area contributed by atoms with E-state index in [0.717, 1.165) is 51.4 Å². The summed E-state index contributed by atoms with van der Waals surface area (Å²) in [5.74, 6) is -0.0379. The summed E-state index contributed by atoms with van der Waals surface area (Å²) in [6.07, 6.45) is 76.1. The summed E-state index contributed by atoms with van der Waals surface area (Å²) in [4.78, 5) is 24.6. The van der Waals surface area contributed by atoms with Gasteiger partial charge < -0.3 is 20.3 Å². The van der Waals surface area contributed by atoms with Gasteiger partial charge in [-0.15, -0.1) is 0 Å². The zero-order chi connectivity index (χ0) is 52.2. The Hall–Kier alpha value is -1.66. The highest BCUT2D eigenvalue weighted by molar-refractivity contribution is 5.76. The van der Waals surface area contributed by atoms with Gasteiger partial charge in [0, 0.05) is 12.8 Å². The second-order valence-electron chi connectivity index (χ2n) is 22.5. The average Bonchev–Trinajstić information content (AvgIpc) is 3.38. The molecule has 0 aliphatic heterocycles. The summed E-state index contributed by atoms with van der Waals surface area (Å²) in [6, 6.07) is -0.547. The smallest absolute Gasteiger partial charge is 0.305 e. The van der Waals surface area contributed by atoms with Crippen molar-refractivity contribution in [3.05, 3.63) is 24.3 Å². The fourth-order valence-electron chi connectivity index (χ4n) is 10.3. The van der Waals surface area contributed by atoms with Crippen molar-refractivity contribution in [1.29, 1.82) is 0 Å². The molecule has 1 amide bonds. The van der Waals surface area contributed by atoms with Crippen LogP contribution in [0.3, 0.4) is 0 Å². The molecule has 2 atom stereocenters. The first-order valence-corrected chi connectivity index (χ1v) is 32.6. The minimum absolute atomic E-state index is 0.00100. The van der Waals surface area contributed by atoms with Gasteiger partial charge in [-0.3, -0.25) is 9.59 Å². The van der Waals surface area contributed by atoms with Crippen LogP contribution in [0.25, 0.3) is 0 Å². The van der Waals surface area contributed by atoms with Crippen LogP contribution < -0.4 is 5.32 Å². The first-order valence-electron chi connectivity index (χ1n) is 32.6. The second-order valence-corrected chi connectivity index (χ2v) is 22.5. The molecule has 0 fully saturated rings. The Morgan fingerprint density at radius 3 is 1.07 bits per heavy atom. The number of hydrogen-bond acceptors (Lipinski definition) is 5. The van der Waals surface area contributed by atoms with Crippen molar-refractivity contribution in [2.24, 2.45) is 0 Å². The van der Waals surface area contributed by atoms with Crippen molar-refractivity contribution in [3.63, 3.8) is 0 Å². The molecule has 2 unspecified atom stereocenters. The number of allylic oxidation sites excluding steroid dienone is 4. The fraction of sp³-hybridized carbons (Fsp3) is 0.909. The molecule has 426 valence electrons. The molecule has 3 N–H and O–H groups in total. The number of aliphatic hydroxyl groups is 2. The van der Waals surface area contributed by atoms with Crippen LogP contribution in [0.5, 0.6) is 0 Å². The topological polar surface area (TPSA) is 95.9 Å². The maximum Gasteiger partial charge on any atom is 0.305 e. The number of aliphatic hydroxyl groups excluding tert-OH is 2. The van der Waals surface area contributed by atoms with Crippen molar-refractivity contribution < 1.29 is 24.5 Å². The van der Waals surface area contributed by atoms with Crippen LogP contribution in [0.4, 0.5) is 0 Å². The maximum absolute atomic E-state index is 12.5. The first-order chi connectivity index (χ1) is 35.5. The van der Waals surface area contributed by atoms with Gasteiger partial charge in [0.15, 0.2) is 0 Å². The van der Waals surface area contributed by atoms with E-state index in [4.69, 9.17) is 4.74 Å². The number of hydrogen-bond donors (Lipinski definition) is 3. The van der Waals surface area contributed by atoms with E-state index in [1.54, 1.807) is 0 Å². The van der Waals surface area contributed by atoms with Crippen LogP contribution in [0.1, 0.15) is 361 Å². The van der Waals surface area contributed by atoms with Crippen molar-refractivity contribution >= 4 is 11.9 Å². The number of carbonyl (C=O) groups is 2. The van der Waals surface area contributed by atoms with Gasteiger partial charge in [-0.05, 0) is 57.8 Å². The molecular formula is C66H127NO5. The molecule has 0 aromatic rings. The quantitative estimate of drug-likeness (QED) is 0.0320. The zero-order valence-electron chi connectivity index (χ0n) is 48.7. The molecule has 0 aromatic carbocycles. The van der Waals surface area contributed by atoms with Crippen LogP contribution in [0.15, 0.2) is 24.3 Å². The predicted molar refractivity (Wildman–Crippen MR) is 315 cm³/mol.